The van der Waals surface area contributed by atoms with Crippen molar-refractivity contribution in [3.05, 3.63) is 0 Å². The molecule has 0 aromatic rings. The van der Waals surface area contributed by atoms with Gasteiger partial charge in [-0.25, -0.2) is 0 Å². The first-order chi connectivity index (χ1) is 8.22. The maximum atomic E-state index is 11.1. The highest BCUT2D eigenvalue weighted by molar-refractivity contribution is 5.73. The van der Waals surface area contributed by atoms with Crippen LogP contribution in [-0.4, -0.2) is 65.7 Å². The largest absolute Gasteiger partial charge is 0.480 e. The molecular weight excluding hydrogens is 218 g/mol. The molecule has 0 aliphatic carbocycles. The molecule has 2 heterocycles. The average molecular weight is 241 g/mol. The highest BCUT2D eigenvalue weighted by atomic mass is 16.4. The molecule has 0 radical (unpaired) electrons. The van der Waals surface area contributed by atoms with E-state index in [1.54, 1.807) is 0 Å². The lowest BCUT2D eigenvalue weighted by Gasteiger charge is -2.32. The van der Waals surface area contributed by atoms with Crippen molar-refractivity contribution in [2.45, 2.75) is 37.8 Å². The summed E-state index contributed by atoms with van der Waals surface area (Å²) in [5, 5.41) is 9.09. The minimum absolute atomic E-state index is 0.210. The van der Waals surface area contributed by atoms with Crippen molar-refractivity contribution in [1.29, 1.82) is 0 Å². The monoisotopic (exact) mass is 241 g/mol. The zero-order chi connectivity index (χ0) is 12.3. The summed E-state index contributed by atoms with van der Waals surface area (Å²) in [6.07, 6.45) is 5.00. The smallest absolute Gasteiger partial charge is 0.322 e. The number of aliphatic carboxylic acids is 1. The van der Waals surface area contributed by atoms with Crippen LogP contribution in [0.2, 0.25) is 0 Å². The predicted octanol–water partition coefficient (Wildman–Crippen LogP) is -0.0415. The second-order valence-electron chi connectivity index (χ2n) is 5.12. The van der Waals surface area contributed by atoms with E-state index in [0.717, 1.165) is 19.5 Å². The fourth-order valence-electron chi connectivity index (χ4n) is 3.04. The molecule has 2 rings (SSSR count). The van der Waals surface area contributed by atoms with E-state index in [4.69, 9.17) is 10.8 Å². The van der Waals surface area contributed by atoms with Crippen LogP contribution in [0.4, 0.5) is 0 Å². The fraction of sp³-hybridized carbons (Fsp3) is 0.917. The summed E-state index contributed by atoms with van der Waals surface area (Å²) in [6.45, 7) is 4.31. The minimum Gasteiger partial charge on any atom is -0.480 e. The molecule has 17 heavy (non-hydrogen) atoms. The predicted molar refractivity (Wildman–Crippen MR) is 65.9 cm³/mol. The summed E-state index contributed by atoms with van der Waals surface area (Å²) < 4.78 is 0. The van der Waals surface area contributed by atoms with E-state index >= 15 is 0 Å². The Morgan fingerprint density at radius 3 is 2.59 bits per heavy atom. The van der Waals surface area contributed by atoms with Gasteiger partial charge in [-0.15, -0.1) is 0 Å². The molecule has 2 saturated heterocycles. The zero-order valence-electron chi connectivity index (χ0n) is 10.3. The number of hydrogen-bond acceptors (Lipinski definition) is 4. The lowest BCUT2D eigenvalue weighted by molar-refractivity contribution is -0.142. The Hall–Kier alpha value is -0.650. The highest BCUT2D eigenvalue weighted by Crippen LogP contribution is 2.21. The molecule has 0 amide bonds. The Morgan fingerprint density at radius 1 is 1.29 bits per heavy atom. The number of carboxylic acid groups (broad SMARTS) is 1. The van der Waals surface area contributed by atoms with Crippen LogP contribution >= 0.6 is 0 Å². The molecule has 0 aromatic heterocycles. The van der Waals surface area contributed by atoms with Gasteiger partial charge in [0.25, 0.3) is 0 Å². The fourth-order valence-corrected chi connectivity index (χ4v) is 3.04. The van der Waals surface area contributed by atoms with E-state index < -0.39 is 12.0 Å². The summed E-state index contributed by atoms with van der Waals surface area (Å²) in [5.41, 5.74) is 5.54. The quantitative estimate of drug-likeness (QED) is 0.722. The number of nitrogens with zero attached hydrogens (tertiary/aromatic N) is 2. The third-order valence-corrected chi connectivity index (χ3v) is 4.05. The standard InChI is InChI=1S/C12H23N3O2/c13-8-11(12(16)17)15-7-4-10(9-15)14-5-2-1-3-6-14/h10-11H,1-9,13H2,(H,16,17). The van der Waals surface area contributed by atoms with Gasteiger partial charge in [-0.3, -0.25) is 14.6 Å². The average Bonchev–Trinajstić information content (AvgIpc) is 2.80. The van der Waals surface area contributed by atoms with Crippen molar-refractivity contribution in [3.63, 3.8) is 0 Å². The van der Waals surface area contributed by atoms with Gasteiger partial charge >= 0.3 is 5.97 Å². The van der Waals surface area contributed by atoms with Gasteiger partial charge in [0.2, 0.25) is 0 Å². The Morgan fingerprint density at radius 2 is 2.00 bits per heavy atom. The normalized spacial score (nSPS) is 29.4. The summed E-state index contributed by atoms with van der Waals surface area (Å²) in [7, 11) is 0. The molecule has 0 aromatic carbocycles. The van der Waals surface area contributed by atoms with E-state index in [9.17, 15) is 4.79 Å². The lowest BCUT2D eigenvalue weighted by atomic mass is 10.1. The van der Waals surface area contributed by atoms with Crippen LogP contribution in [0.5, 0.6) is 0 Å². The van der Waals surface area contributed by atoms with Crippen LogP contribution in [-0.2, 0) is 4.79 Å². The SMILES string of the molecule is NCC(C(=O)O)N1CCC(N2CCCCC2)C1. The number of hydrogen-bond donors (Lipinski definition) is 2. The molecule has 2 atom stereocenters. The van der Waals surface area contributed by atoms with Crippen molar-refractivity contribution in [3.8, 4) is 0 Å². The maximum absolute atomic E-state index is 11.1. The molecule has 3 N–H and O–H groups in total. The minimum atomic E-state index is -0.785. The number of rotatable bonds is 4. The molecule has 0 spiro atoms. The number of carboxylic acids is 1. The van der Waals surface area contributed by atoms with Crippen LogP contribution in [0.15, 0.2) is 0 Å². The van der Waals surface area contributed by atoms with Crippen LogP contribution in [0, 0.1) is 0 Å². The molecule has 5 heteroatoms. The number of piperidine rings is 1. The first kappa shape index (κ1) is 12.8. The third-order valence-electron chi connectivity index (χ3n) is 4.05. The van der Waals surface area contributed by atoms with Gasteiger partial charge in [0.05, 0.1) is 0 Å². The molecular formula is C12H23N3O2. The third kappa shape index (κ3) is 2.97. The molecule has 5 nitrogen and oxygen atoms in total. The highest BCUT2D eigenvalue weighted by Gasteiger charge is 2.34. The summed E-state index contributed by atoms with van der Waals surface area (Å²) in [4.78, 5) is 15.6. The van der Waals surface area contributed by atoms with Gasteiger partial charge in [0, 0.05) is 25.7 Å². The van der Waals surface area contributed by atoms with Gasteiger partial charge in [0.1, 0.15) is 6.04 Å². The van der Waals surface area contributed by atoms with E-state index in [0.29, 0.717) is 6.04 Å². The molecule has 98 valence electrons. The van der Waals surface area contributed by atoms with E-state index in [1.165, 1.54) is 32.4 Å². The van der Waals surface area contributed by atoms with Crippen LogP contribution in [0.25, 0.3) is 0 Å². The van der Waals surface area contributed by atoms with Gasteiger partial charge in [-0.1, -0.05) is 6.42 Å². The first-order valence-electron chi connectivity index (χ1n) is 6.63. The van der Waals surface area contributed by atoms with Crippen molar-refractivity contribution in [1.82, 2.24) is 9.80 Å². The van der Waals surface area contributed by atoms with Gasteiger partial charge in [0.15, 0.2) is 0 Å². The van der Waals surface area contributed by atoms with Crippen molar-refractivity contribution >= 4 is 5.97 Å². The van der Waals surface area contributed by atoms with E-state index in [-0.39, 0.29) is 6.54 Å². The lowest BCUT2D eigenvalue weighted by Crippen LogP contribution is -2.47. The molecule has 2 aliphatic heterocycles. The Bertz CT molecular complexity index is 266. The van der Waals surface area contributed by atoms with Crippen LogP contribution < -0.4 is 5.73 Å². The summed E-state index contributed by atoms with van der Waals surface area (Å²) >= 11 is 0. The zero-order valence-corrected chi connectivity index (χ0v) is 10.3. The second kappa shape index (κ2) is 5.80. The summed E-state index contributed by atoms with van der Waals surface area (Å²) in [5.74, 6) is -0.785. The molecule has 0 bridgehead atoms. The Labute approximate surface area is 103 Å². The van der Waals surface area contributed by atoms with Crippen molar-refractivity contribution < 1.29 is 9.90 Å². The second-order valence-corrected chi connectivity index (χ2v) is 5.12. The van der Waals surface area contributed by atoms with E-state index in [2.05, 4.69) is 4.90 Å². The van der Waals surface area contributed by atoms with Crippen LogP contribution in [0.3, 0.4) is 0 Å². The topological polar surface area (TPSA) is 69.8 Å². The number of nitrogens with two attached hydrogens (primary N) is 1. The molecule has 2 fully saturated rings. The van der Waals surface area contributed by atoms with E-state index in [1.807, 2.05) is 4.90 Å². The maximum Gasteiger partial charge on any atom is 0.322 e. The van der Waals surface area contributed by atoms with Crippen LogP contribution in [0.1, 0.15) is 25.7 Å². The summed E-state index contributed by atoms with van der Waals surface area (Å²) in [6, 6.07) is 0.0495. The van der Waals surface area contributed by atoms with Crippen molar-refractivity contribution in [2.75, 3.05) is 32.7 Å². The van der Waals surface area contributed by atoms with Gasteiger partial charge in [-0.2, -0.15) is 0 Å². The Balaban J connectivity index is 1.87. The molecule has 2 aliphatic rings. The number of carbonyl (C=O) groups is 1. The first-order valence-corrected chi connectivity index (χ1v) is 6.63. The van der Waals surface area contributed by atoms with Crippen molar-refractivity contribution in [2.24, 2.45) is 5.73 Å². The molecule has 2 unspecified atom stereocenters. The molecule has 0 saturated carbocycles. The number of likely N-dealkylation sites (tertiary alicyclic amines) is 2. The van der Waals surface area contributed by atoms with Gasteiger partial charge < -0.3 is 10.8 Å². The Kier molecular flexibility index (Phi) is 4.36. The van der Waals surface area contributed by atoms with Gasteiger partial charge in [-0.05, 0) is 32.4 Å².